The molecule has 0 saturated heterocycles. The van der Waals surface area contributed by atoms with Crippen LogP contribution in [0.1, 0.15) is 36.2 Å². The van der Waals surface area contributed by atoms with E-state index in [9.17, 15) is 14.7 Å². The summed E-state index contributed by atoms with van der Waals surface area (Å²) >= 11 is 0. The lowest BCUT2D eigenvalue weighted by atomic mass is 9.72. The van der Waals surface area contributed by atoms with E-state index in [0.29, 0.717) is 17.5 Å². The molecule has 7 N–H and O–H groups in total. The second kappa shape index (κ2) is 9.55. The van der Waals surface area contributed by atoms with Gasteiger partial charge in [-0.3, -0.25) is 14.8 Å². The minimum Gasteiger partial charge on any atom is -0.396 e. The Morgan fingerprint density at radius 3 is 2.45 bits per heavy atom. The van der Waals surface area contributed by atoms with Gasteiger partial charge in [-0.25, -0.2) is 5.48 Å². The summed E-state index contributed by atoms with van der Waals surface area (Å²) in [6.45, 7) is 3.01. The molecule has 1 unspecified atom stereocenters. The van der Waals surface area contributed by atoms with Crippen LogP contribution in [-0.2, 0) is 4.79 Å². The smallest absolute Gasteiger partial charge is 0.267 e. The van der Waals surface area contributed by atoms with E-state index in [1.54, 1.807) is 38.1 Å². The summed E-state index contributed by atoms with van der Waals surface area (Å²) in [5.74, 6) is 9.62. The lowest BCUT2D eigenvalue weighted by Gasteiger charge is -2.37. The number of hydrogen-bond donors (Lipinski definition) is 6. The van der Waals surface area contributed by atoms with Crippen LogP contribution in [0.2, 0.25) is 0 Å². The number of carbonyl (C=O) groups is 2. The van der Waals surface area contributed by atoms with Gasteiger partial charge in [-0.1, -0.05) is 11.8 Å². The standard InChI is InChI=1S/C21H25N3O5/c1-21(2,22)18(20(28)24-29)23-19(27)14-9-7-13(8-10-14)5-3-4-6-15-11-17(26)16(15)12-25/h7-10,15-18,25-26,29H,11-12,22H2,1-2H3,(H,23,27)(H,24,28)/t15-,16+,17+,18?/m0/s1. The van der Waals surface area contributed by atoms with Crippen LogP contribution in [0.25, 0.3) is 0 Å². The van der Waals surface area contributed by atoms with E-state index in [1.165, 1.54) is 5.48 Å². The lowest BCUT2D eigenvalue weighted by molar-refractivity contribution is -0.132. The molecule has 0 bridgehead atoms. The second-order valence-corrected chi connectivity index (χ2v) is 7.56. The summed E-state index contributed by atoms with van der Waals surface area (Å²) in [5, 5.41) is 30.0. The number of aliphatic hydroxyl groups excluding tert-OH is 2. The van der Waals surface area contributed by atoms with E-state index >= 15 is 0 Å². The van der Waals surface area contributed by atoms with Crippen molar-refractivity contribution in [1.29, 1.82) is 0 Å². The molecule has 1 saturated carbocycles. The van der Waals surface area contributed by atoms with Crippen LogP contribution in [0.5, 0.6) is 0 Å². The van der Waals surface area contributed by atoms with Gasteiger partial charge in [-0.05, 0) is 56.4 Å². The molecule has 0 radical (unpaired) electrons. The number of benzene rings is 1. The van der Waals surface area contributed by atoms with Gasteiger partial charge >= 0.3 is 0 Å². The second-order valence-electron chi connectivity index (χ2n) is 7.56. The number of nitrogens with one attached hydrogen (secondary N) is 2. The van der Waals surface area contributed by atoms with E-state index in [0.717, 1.165) is 0 Å². The van der Waals surface area contributed by atoms with Crippen LogP contribution in [0.4, 0.5) is 0 Å². The summed E-state index contributed by atoms with van der Waals surface area (Å²) in [4.78, 5) is 24.1. The van der Waals surface area contributed by atoms with Gasteiger partial charge < -0.3 is 21.3 Å². The lowest BCUT2D eigenvalue weighted by Crippen LogP contribution is -2.61. The quantitative estimate of drug-likeness (QED) is 0.221. The molecule has 4 atom stereocenters. The number of hydrogen-bond acceptors (Lipinski definition) is 6. The van der Waals surface area contributed by atoms with Crippen molar-refractivity contribution in [2.45, 2.75) is 38.0 Å². The molecule has 0 spiro atoms. The van der Waals surface area contributed by atoms with Gasteiger partial charge in [0.25, 0.3) is 11.8 Å². The Hall–Kier alpha value is -2.88. The summed E-state index contributed by atoms with van der Waals surface area (Å²) in [5.41, 5.74) is 7.25. The maximum Gasteiger partial charge on any atom is 0.267 e. The number of carbonyl (C=O) groups excluding carboxylic acids is 2. The summed E-state index contributed by atoms with van der Waals surface area (Å²) in [6.07, 6.45) is 0.0392. The van der Waals surface area contributed by atoms with Gasteiger partial charge in [0, 0.05) is 35.1 Å². The molecule has 1 aliphatic carbocycles. The topological polar surface area (TPSA) is 145 Å². The summed E-state index contributed by atoms with van der Waals surface area (Å²) in [7, 11) is 0. The monoisotopic (exact) mass is 399 g/mol. The highest BCUT2D eigenvalue weighted by molar-refractivity contribution is 5.97. The normalized spacial score (nSPS) is 21.4. The number of nitrogens with two attached hydrogens (primary N) is 1. The minimum atomic E-state index is -1.12. The fourth-order valence-corrected chi connectivity index (χ4v) is 2.90. The highest BCUT2D eigenvalue weighted by Crippen LogP contribution is 2.33. The van der Waals surface area contributed by atoms with Crippen molar-refractivity contribution in [2.75, 3.05) is 6.61 Å². The molecule has 29 heavy (non-hydrogen) atoms. The number of amides is 2. The Bertz CT molecular complexity index is 868. The third kappa shape index (κ3) is 5.80. The molecule has 2 rings (SSSR count). The zero-order valence-electron chi connectivity index (χ0n) is 16.3. The third-order valence-electron chi connectivity index (χ3n) is 4.78. The first-order chi connectivity index (χ1) is 13.7. The molecular weight excluding hydrogens is 374 g/mol. The first-order valence-electron chi connectivity index (χ1n) is 9.11. The molecule has 2 amide bonds. The van der Waals surface area contributed by atoms with Gasteiger partial charge in [-0.15, -0.1) is 0 Å². The van der Waals surface area contributed by atoms with Crippen molar-refractivity contribution in [1.82, 2.24) is 10.8 Å². The minimum absolute atomic E-state index is 0.0498. The molecule has 1 fully saturated rings. The van der Waals surface area contributed by atoms with Crippen molar-refractivity contribution in [2.24, 2.45) is 17.6 Å². The molecule has 0 aromatic heterocycles. The first kappa shape index (κ1) is 22.4. The fourth-order valence-electron chi connectivity index (χ4n) is 2.90. The van der Waals surface area contributed by atoms with Crippen LogP contribution in [0.3, 0.4) is 0 Å². The van der Waals surface area contributed by atoms with E-state index in [-0.39, 0.29) is 18.4 Å². The summed E-state index contributed by atoms with van der Waals surface area (Å²) < 4.78 is 0. The van der Waals surface area contributed by atoms with Crippen molar-refractivity contribution in [3.8, 4) is 23.7 Å². The largest absolute Gasteiger partial charge is 0.396 e. The molecule has 154 valence electrons. The van der Waals surface area contributed by atoms with E-state index in [2.05, 4.69) is 29.0 Å². The maximum absolute atomic E-state index is 12.4. The molecule has 1 aromatic rings. The first-order valence-corrected chi connectivity index (χ1v) is 9.11. The molecule has 1 aromatic carbocycles. The van der Waals surface area contributed by atoms with Gasteiger partial charge in [0.15, 0.2) is 0 Å². The Morgan fingerprint density at radius 1 is 1.28 bits per heavy atom. The molecule has 8 nitrogen and oxygen atoms in total. The van der Waals surface area contributed by atoms with E-state index < -0.39 is 29.5 Å². The molecule has 8 heteroatoms. The van der Waals surface area contributed by atoms with Gasteiger partial charge in [0.2, 0.25) is 0 Å². The predicted octanol–water partition coefficient (Wildman–Crippen LogP) is -0.628. The molecule has 1 aliphatic rings. The number of rotatable bonds is 5. The third-order valence-corrected chi connectivity index (χ3v) is 4.78. The zero-order chi connectivity index (χ0) is 21.6. The zero-order valence-corrected chi connectivity index (χ0v) is 16.3. The van der Waals surface area contributed by atoms with Crippen LogP contribution in [-0.4, -0.2) is 51.5 Å². The van der Waals surface area contributed by atoms with Crippen molar-refractivity contribution in [3.63, 3.8) is 0 Å². The highest BCUT2D eigenvalue weighted by atomic mass is 16.5. The summed E-state index contributed by atoms with van der Waals surface area (Å²) in [6, 6.07) is 5.26. The predicted molar refractivity (Wildman–Crippen MR) is 105 cm³/mol. The van der Waals surface area contributed by atoms with E-state index in [4.69, 9.17) is 16.0 Å². The fraction of sp³-hybridized carbons (Fsp3) is 0.429. The molecular formula is C21H25N3O5. The Morgan fingerprint density at radius 2 is 1.93 bits per heavy atom. The van der Waals surface area contributed by atoms with Crippen molar-refractivity contribution < 1.29 is 25.0 Å². The van der Waals surface area contributed by atoms with Gasteiger partial charge in [-0.2, -0.15) is 0 Å². The van der Waals surface area contributed by atoms with Crippen LogP contribution in [0.15, 0.2) is 24.3 Å². The number of aliphatic hydroxyl groups is 2. The Kier molecular flexibility index (Phi) is 7.38. The molecule has 0 heterocycles. The van der Waals surface area contributed by atoms with Gasteiger partial charge in [0.05, 0.1) is 6.10 Å². The number of hydroxylamine groups is 1. The average Bonchev–Trinajstić information content (AvgIpc) is 2.67. The highest BCUT2D eigenvalue weighted by Gasteiger charge is 2.38. The Labute approximate surface area is 169 Å². The van der Waals surface area contributed by atoms with Crippen molar-refractivity contribution in [3.05, 3.63) is 35.4 Å². The molecule has 0 aliphatic heterocycles. The van der Waals surface area contributed by atoms with Crippen molar-refractivity contribution >= 4 is 11.8 Å². The SMILES string of the molecule is CC(C)(N)C(NC(=O)c1ccc(C#CC#C[C@H]2C[C@@H](O)[C@@H]2CO)cc1)C(=O)NO. The van der Waals surface area contributed by atoms with Gasteiger partial charge in [0.1, 0.15) is 6.04 Å². The van der Waals surface area contributed by atoms with Crippen LogP contribution < -0.4 is 16.5 Å². The van der Waals surface area contributed by atoms with E-state index in [1.807, 2.05) is 0 Å². The maximum atomic E-state index is 12.4. The Balaban J connectivity index is 2.00. The van der Waals surface area contributed by atoms with Crippen LogP contribution >= 0.6 is 0 Å². The van der Waals surface area contributed by atoms with Crippen LogP contribution in [0, 0.1) is 35.5 Å². The average molecular weight is 399 g/mol.